The van der Waals surface area contributed by atoms with E-state index in [1.165, 1.54) is 7.11 Å². The van der Waals surface area contributed by atoms with Gasteiger partial charge in [0.25, 0.3) is 0 Å². The molecule has 0 saturated carbocycles. The number of ether oxygens (including phenoxy) is 1. The van der Waals surface area contributed by atoms with E-state index in [4.69, 9.17) is 0 Å². The zero-order valence-electron chi connectivity index (χ0n) is 12.6. The molecule has 0 aliphatic carbocycles. The average molecular weight is 292 g/mol. The molecule has 0 saturated heterocycles. The summed E-state index contributed by atoms with van der Waals surface area (Å²) in [5.74, 6) is 0. The Bertz CT molecular complexity index is 524. The first-order valence-corrected chi connectivity index (χ1v) is 6.48. The molecular formula is C14H20N4O3. The summed E-state index contributed by atoms with van der Waals surface area (Å²) in [7, 11) is 1.27. The van der Waals surface area contributed by atoms with Crippen LogP contribution in [0.1, 0.15) is 26.3 Å². The Morgan fingerprint density at radius 2 is 1.81 bits per heavy atom. The van der Waals surface area contributed by atoms with Crippen LogP contribution in [0, 0.1) is 0 Å². The van der Waals surface area contributed by atoms with Crippen molar-refractivity contribution >= 4 is 23.5 Å². The maximum absolute atomic E-state index is 11.5. The van der Waals surface area contributed by atoms with Crippen molar-refractivity contribution in [1.29, 1.82) is 0 Å². The van der Waals surface area contributed by atoms with Crippen molar-refractivity contribution in [2.75, 3.05) is 12.4 Å². The summed E-state index contributed by atoms with van der Waals surface area (Å²) in [5.41, 5.74) is 4.36. The van der Waals surface area contributed by atoms with E-state index in [0.717, 1.165) is 5.56 Å². The molecule has 0 unspecified atom stereocenters. The highest BCUT2D eigenvalue weighted by Crippen LogP contribution is 2.10. The van der Waals surface area contributed by atoms with Crippen molar-refractivity contribution in [3.05, 3.63) is 29.8 Å². The number of anilines is 1. The SMILES string of the molecule is COC(=O)NN=C(C)c1ccc(NC(=O)NC(C)C)cc1. The normalized spacial score (nSPS) is 11.0. The second-order valence-corrected chi connectivity index (χ2v) is 4.63. The van der Waals surface area contributed by atoms with Crippen LogP contribution in [0.4, 0.5) is 15.3 Å². The minimum Gasteiger partial charge on any atom is -0.452 e. The molecule has 1 rings (SSSR count). The van der Waals surface area contributed by atoms with Crippen molar-refractivity contribution < 1.29 is 14.3 Å². The van der Waals surface area contributed by atoms with Crippen LogP contribution >= 0.6 is 0 Å². The van der Waals surface area contributed by atoms with Gasteiger partial charge >= 0.3 is 12.1 Å². The molecule has 0 aliphatic rings. The first-order chi connectivity index (χ1) is 9.92. The van der Waals surface area contributed by atoms with Gasteiger partial charge in [0, 0.05) is 11.7 Å². The van der Waals surface area contributed by atoms with Gasteiger partial charge in [-0.2, -0.15) is 5.10 Å². The lowest BCUT2D eigenvalue weighted by atomic mass is 10.1. The first kappa shape index (κ1) is 16.5. The van der Waals surface area contributed by atoms with Gasteiger partial charge in [-0.25, -0.2) is 15.0 Å². The minimum absolute atomic E-state index is 0.0723. The fourth-order valence-corrected chi connectivity index (χ4v) is 1.46. The highest BCUT2D eigenvalue weighted by Gasteiger charge is 2.04. The molecule has 0 aliphatic heterocycles. The van der Waals surface area contributed by atoms with Crippen molar-refractivity contribution in [1.82, 2.24) is 10.7 Å². The van der Waals surface area contributed by atoms with Crippen molar-refractivity contribution in [3.8, 4) is 0 Å². The lowest BCUT2D eigenvalue weighted by Gasteiger charge is -2.10. The third-order valence-electron chi connectivity index (χ3n) is 2.48. The Balaban J connectivity index is 2.65. The molecule has 1 aromatic carbocycles. The molecule has 1 aromatic rings. The van der Waals surface area contributed by atoms with E-state index in [0.29, 0.717) is 11.4 Å². The zero-order valence-corrected chi connectivity index (χ0v) is 12.6. The van der Waals surface area contributed by atoms with Crippen LogP contribution in [0.3, 0.4) is 0 Å². The molecule has 21 heavy (non-hydrogen) atoms. The Kier molecular flexibility index (Phi) is 6.19. The highest BCUT2D eigenvalue weighted by molar-refractivity contribution is 5.99. The topological polar surface area (TPSA) is 91.8 Å². The van der Waals surface area contributed by atoms with Gasteiger partial charge in [-0.3, -0.25) is 0 Å². The van der Waals surface area contributed by atoms with Gasteiger partial charge in [0.1, 0.15) is 0 Å². The second-order valence-electron chi connectivity index (χ2n) is 4.63. The molecular weight excluding hydrogens is 272 g/mol. The van der Waals surface area contributed by atoms with Gasteiger partial charge in [-0.1, -0.05) is 12.1 Å². The number of carbonyl (C=O) groups excluding carboxylic acids is 2. The summed E-state index contributed by atoms with van der Waals surface area (Å²) >= 11 is 0. The molecule has 3 N–H and O–H groups in total. The highest BCUT2D eigenvalue weighted by atomic mass is 16.5. The number of hydrazone groups is 1. The number of hydrogen-bond acceptors (Lipinski definition) is 4. The van der Waals surface area contributed by atoms with Crippen LogP contribution < -0.4 is 16.1 Å². The third kappa shape index (κ3) is 5.94. The van der Waals surface area contributed by atoms with Gasteiger partial charge in [0.2, 0.25) is 0 Å². The van der Waals surface area contributed by atoms with Crippen LogP contribution in [-0.4, -0.2) is 31.0 Å². The van der Waals surface area contributed by atoms with Gasteiger partial charge in [-0.15, -0.1) is 0 Å². The Morgan fingerprint density at radius 1 is 1.19 bits per heavy atom. The van der Waals surface area contributed by atoms with Gasteiger partial charge in [0.05, 0.1) is 12.8 Å². The van der Waals surface area contributed by atoms with Crippen molar-refractivity contribution in [3.63, 3.8) is 0 Å². The molecule has 7 nitrogen and oxygen atoms in total. The van der Waals surface area contributed by atoms with Gasteiger partial charge in [0.15, 0.2) is 0 Å². The number of amides is 3. The van der Waals surface area contributed by atoms with Crippen molar-refractivity contribution in [2.24, 2.45) is 5.10 Å². The minimum atomic E-state index is -0.627. The van der Waals surface area contributed by atoms with Crippen LogP contribution in [0.15, 0.2) is 29.4 Å². The number of methoxy groups -OCH3 is 1. The lowest BCUT2D eigenvalue weighted by molar-refractivity contribution is 0.171. The van der Waals surface area contributed by atoms with E-state index in [-0.39, 0.29) is 12.1 Å². The molecule has 0 radical (unpaired) electrons. The second kappa shape index (κ2) is 7.88. The molecule has 3 amide bonds. The Hall–Kier alpha value is -2.57. The first-order valence-electron chi connectivity index (χ1n) is 6.48. The van der Waals surface area contributed by atoms with Gasteiger partial charge < -0.3 is 15.4 Å². The number of urea groups is 1. The Labute approximate surface area is 123 Å². The largest absolute Gasteiger partial charge is 0.452 e. The standard InChI is InChI=1S/C14H20N4O3/c1-9(2)15-13(19)16-12-7-5-11(6-8-12)10(3)17-18-14(20)21-4/h5-9H,1-4H3,(H,18,20)(H2,15,16,19). The van der Waals surface area contributed by atoms with Crippen LogP contribution in [0.25, 0.3) is 0 Å². The smallest absolute Gasteiger partial charge is 0.427 e. The molecule has 0 aromatic heterocycles. The van der Waals surface area contributed by atoms with Crippen LogP contribution in [0.2, 0.25) is 0 Å². The number of benzene rings is 1. The predicted molar refractivity (Wildman–Crippen MR) is 81.5 cm³/mol. The number of carbonyl (C=O) groups is 2. The van der Waals surface area contributed by atoms with E-state index in [1.54, 1.807) is 31.2 Å². The number of nitrogens with zero attached hydrogens (tertiary/aromatic N) is 1. The van der Waals surface area contributed by atoms with Crippen LogP contribution in [-0.2, 0) is 4.74 Å². The summed E-state index contributed by atoms with van der Waals surface area (Å²) in [5, 5.41) is 9.34. The Morgan fingerprint density at radius 3 is 2.33 bits per heavy atom. The molecule has 7 heteroatoms. The van der Waals surface area contributed by atoms with E-state index < -0.39 is 6.09 Å². The summed E-state index contributed by atoms with van der Waals surface area (Å²) in [6.45, 7) is 5.53. The third-order valence-corrected chi connectivity index (χ3v) is 2.48. The number of nitrogens with one attached hydrogen (secondary N) is 3. The maximum atomic E-state index is 11.5. The van der Waals surface area contributed by atoms with Crippen molar-refractivity contribution in [2.45, 2.75) is 26.8 Å². The fourth-order valence-electron chi connectivity index (χ4n) is 1.46. The molecule has 0 bridgehead atoms. The van der Waals surface area contributed by atoms with E-state index >= 15 is 0 Å². The maximum Gasteiger partial charge on any atom is 0.427 e. The lowest BCUT2D eigenvalue weighted by Crippen LogP contribution is -2.34. The molecule has 0 spiro atoms. The fraction of sp³-hybridized carbons (Fsp3) is 0.357. The average Bonchev–Trinajstić information content (AvgIpc) is 2.44. The van der Waals surface area contributed by atoms with Gasteiger partial charge in [-0.05, 0) is 38.5 Å². The monoisotopic (exact) mass is 292 g/mol. The zero-order chi connectivity index (χ0) is 15.8. The van der Waals surface area contributed by atoms with E-state index in [9.17, 15) is 9.59 Å². The summed E-state index contributed by atoms with van der Waals surface area (Å²) in [4.78, 5) is 22.5. The summed E-state index contributed by atoms with van der Waals surface area (Å²) in [6, 6.07) is 6.92. The van der Waals surface area contributed by atoms with E-state index in [1.807, 2.05) is 13.8 Å². The molecule has 0 heterocycles. The predicted octanol–water partition coefficient (Wildman–Crippen LogP) is 2.30. The number of hydrogen-bond donors (Lipinski definition) is 3. The quantitative estimate of drug-likeness (QED) is 0.587. The van der Waals surface area contributed by atoms with E-state index in [2.05, 4.69) is 25.9 Å². The molecule has 114 valence electrons. The summed E-state index contributed by atoms with van der Waals surface area (Å²) in [6.07, 6.45) is -0.627. The number of rotatable bonds is 4. The van der Waals surface area contributed by atoms with Crippen LogP contribution in [0.5, 0.6) is 0 Å². The summed E-state index contributed by atoms with van der Waals surface area (Å²) < 4.78 is 4.42. The molecule has 0 fully saturated rings. The molecule has 0 atom stereocenters.